The Bertz CT molecular complexity index is 1090. The Morgan fingerprint density at radius 2 is 1.90 bits per heavy atom. The average Bonchev–Trinajstić information content (AvgIpc) is 3.06. The lowest BCUT2D eigenvalue weighted by atomic mass is 9.98. The van der Waals surface area contributed by atoms with E-state index < -0.39 is 0 Å². The fourth-order valence-electron chi connectivity index (χ4n) is 3.53. The summed E-state index contributed by atoms with van der Waals surface area (Å²) in [5.41, 5.74) is 4.44. The molecule has 0 spiro atoms. The minimum absolute atomic E-state index is 0.187. The Morgan fingerprint density at radius 1 is 1.14 bits per heavy atom. The number of thiocarbonyl (C=S) groups is 1. The maximum atomic E-state index is 13.5. The van der Waals surface area contributed by atoms with E-state index in [-0.39, 0.29) is 11.7 Å². The quantitative estimate of drug-likeness (QED) is 0.666. The van der Waals surface area contributed by atoms with Crippen LogP contribution in [0.3, 0.4) is 0 Å². The van der Waals surface area contributed by atoms with Crippen LogP contribution in [0.4, 0.5) is 10.2 Å². The number of aromatic nitrogens is 3. The van der Waals surface area contributed by atoms with Crippen LogP contribution in [0.15, 0.2) is 42.6 Å². The van der Waals surface area contributed by atoms with Gasteiger partial charge in [-0.15, -0.1) is 0 Å². The highest BCUT2D eigenvalue weighted by Gasteiger charge is 2.26. The Hall–Kier alpha value is -3.13. The molecule has 148 valence electrons. The molecule has 6 nitrogen and oxygen atoms in total. The van der Waals surface area contributed by atoms with Crippen molar-refractivity contribution in [2.75, 3.05) is 11.9 Å². The molecule has 0 fully saturated rings. The van der Waals surface area contributed by atoms with Crippen molar-refractivity contribution in [2.45, 2.75) is 26.9 Å². The zero-order chi connectivity index (χ0) is 20.5. The van der Waals surface area contributed by atoms with E-state index in [4.69, 9.17) is 17.3 Å². The van der Waals surface area contributed by atoms with Crippen LogP contribution < -0.4 is 5.32 Å². The zero-order valence-corrected chi connectivity index (χ0v) is 17.0. The van der Waals surface area contributed by atoms with Gasteiger partial charge in [-0.3, -0.25) is 9.48 Å². The molecule has 2 aromatic heterocycles. The van der Waals surface area contributed by atoms with E-state index >= 15 is 0 Å². The molecule has 8 heteroatoms. The minimum atomic E-state index is -0.293. The molecule has 0 radical (unpaired) electrons. The molecule has 0 bridgehead atoms. The van der Waals surface area contributed by atoms with Crippen LogP contribution in [0.1, 0.15) is 19.5 Å². The normalized spacial score (nSPS) is 13.1. The van der Waals surface area contributed by atoms with Crippen molar-refractivity contribution in [3.63, 3.8) is 0 Å². The van der Waals surface area contributed by atoms with E-state index in [2.05, 4.69) is 15.2 Å². The van der Waals surface area contributed by atoms with Gasteiger partial charge in [-0.1, -0.05) is 12.2 Å². The van der Waals surface area contributed by atoms with E-state index in [1.54, 1.807) is 18.3 Å². The van der Waals surface area contributed by atoms with Crippen LogP contribution in [0, 0.1) is 5.82 Å². The van der Waals surface area contributed by atoms with Gasteiger partial charge in [-0.05, 0) is 48.9 Å². The SMILES string of the molecule is CC(=O)Nc1cc(-c2c(-c3ccc(F)cc3)nn3c2CN(C(C)=S)CC3)ccn1. The Labute approximate surface area is 173 Å². The van der Waals surface area contributed by atoms with Gasteiger partial charge in [0, 0.05) is 30.8 Å². The Morgan fingerprint density at radius 3 is 2.59 bits per heavy atom. The van der Waals surface area contributed by atoms with Gasteiger partial charge in [0.1, 0.15) is 17.3 Å². The lowest BCUT2D eigenvalue weighted by Gasteiger charge is -2.29. The number of carbonyl (C=O) groups excluding carboxylic acids is 1. The molecule has 1 amide bonds. The lowest BCUT2D eigenvalue weighted by molar-refractivity contribution is -0.114. The molecule has 1 aliphatic rings. The van der Waals surface area contributed by atoms with E-state index in [0.717, 1.165) is 39.6 Å². The van der Waals surface area contributed by atoms with Crippen molar-refractivity contribution < 1.29 is 9.18 Å². The Kier molecular flexibility index (Phi) is 5.10. The van der Waals surface area contributed by atoms with Gasteiger partial charge in [0.2, 0.25) is 5.91 Å². The van der Waals surface area contributed by atoms with E-state index in [1.807, 2.05) is 23.7 Å². The van der Waals surface area contributed by atoms with Crippen molar-refractivity contribution in [1.82, 2.24) is 19.7 Å². The summed E-state index contributed by atoms with van der Waals surface area (Å²) in [7, 11) is 0. The summed E-state index contributed by atoms with van der Waals surface area (Å²) >= 11 is 5.38. The highest BCUT2D eigenvalue weighted by atomic mass is 32.1. The largest absolute Gasteiger partial charge is 0.359 e. The van der Waals surface area contributed by atoms with Crippen LogP contribution in [-0.4, -0.2) is 37.1 Å². The second-order valence-corrected chi connectivity index (χ2v) is 7.54. The fourth-order valence-corrected chi connectivity index (χ4v) is 3.69. The molecule has 0 aliphatic carbocycles. The van der Waals surface area contributed by atoms with Crippen molar-refractivity contribution >= 4 is 28.9 Å². The monoisotopic (exact) mass is 409 g/mol. The number of halogens is 1. The van der Waals surface area contributed by atoms with Gasteiger partial charge in [0.15, 0.2) is 0 Å². The maximum Gasteiger partial charge on any atom is 0.222 e. The summed E-state index contributed by atoms with van der Waals surface area (Å²) < 4.78 is 15.5. The van der Waals surface area contributed by atoms with Gasteiger partial charge in [-0.25, -0.2) is 9.37 Å². The molecule has 0 atom stereocenters. The third-order valence-electron chi connectivity index (χ3n) is 4.90. The van der Waals surface area contributed by atoms with Gasteiger partial charge in [0.05, 0.1) is 23.8 Å². The van der Waals surface area contributed by atoms with Gasteiger partial charge in [0.25, 0.3) is 0 Å². The number of nitrogens with zero attached hydrogens (tertiary/aromatic N) is 4. The molecule has 29 heavy (non-hydrogen) atoms. The van der Waals surface area contributed by atoms with E-state index in [9.17, 15) is 9.18 Å². The minimum Gasteiger partial charge on any atom is -0.359 e. The highest BCUT2D eigenvalue weighted by Crippen LogP contribution is 2.37. The number of hydrogen-bond acceptors (Lipinski definition) is 4. The predicted octanol–water partition coefficient (Wildman–Crippen LogP) is 3.87. The first-order valence-electron chi connectivity index (χ1n) is 9.27. The van der Waals surface area contributed by atoms with Crippen LogP contribution in [0.2, 0.25) is 0 Å². The standard InChI is InChI=1S/C21H20FN5OS/c1-13(28)24-19-11-16(7-8-23-19)20-18-12-26(14(2)29)9-10-27(18)25-21(20)15-3-5-17(22)6-4-15/h3-8,11H,9-10,12H2,1-2H3,(H,23,24,28). The molecule has 0 unspecified atom stereocenters. The summed E-state index contributed by atoms with van der Waals surface area (Å²) in [5, 5.41) is 7.55. The summed E-state index contributed by atoms with van der Waals surface area (Å²) in [6.45, 7) is 5.50. The van der Waals surface area contributed by atoms with Crippen LogP contribution in [0.5, 0.6) is 0 Å². The number of carbonyl (C=O) groups is 1. The summed E-state index contributed by atoms with van der Waals surface area (Å²) in [6.07, 6.45) is 1.66. The van der Waals surface area contributed by atoms with Crippen LogP contribution in [-0.2, 0) is 17.9 Å². The topological polar surface area (TPSA) is 63.1 Å². The highest BCUT2D eigenvalue weighted by molar-refractivity contribution is 7.80. The average molecular weight is 409 g/mol. The van der Waals surface area contributed by atoms with Gasteiger partial charge in [-0.2, -0.15) is 5.10 Å². The third-order valence-corrected chi connectivity index (χ3v) is 5.15. The lowest BCUT2D eigenvalue weighted by Crippen LogP contribution is -2.36. The smallest absolute Gasteiger partial charge is 0.222 e. The third kappa shape index (κ3) is 3.88. The summed E-state index contributed by atoms with van der Waals surface area (Å²) in [4.78, 5) is 18.6. The molecule has 0 saturated carbocycles. The molecule has 1 aromatic carbocycles. The molecular weight excluding hydrogens is 389 g/mol. The van der Waals surface area contributed by atoms with E-state index in [1.165, 1.54) is 19.1 Å². The number of fused-ring (bicyclic) bond motifs is 1. The van der Waals surface area contributed by atoms with Gasteiger partial charge < -0.3 is 10.2 Å². The summed E-state index contributed by atoms with van der Waals surface area (Å²) in [5.74, 6) is -0.00901. The predicted molar refractivity (Wildman–Crippen MR) is 114 cm³/mol. The van der Waals surface area contributed by atoms with Gasteiger partial charge >= 0.3 is 0 Å². The second kappa shape index (κ2) is 7.71. The second-order valence-electron chi connectivity index (χ2n) is 6.95. The number of nitrogens with one attached hydrogen (secondary N) is 1. The maximum absolute atomic E-state index is 13.5. The molecular formula is C21H20FN5OS. The molecule has 3 heterocycles. The molecule has 0 saturated heterocycles. The van der Waals surface area contributed by atoms with Crippen LogP contribution >= 0.6 is 12.2 Å². The van der Waals surface area contributed by atoms with Crippen molar-refractivity contribution in [3.05, 3.63) is 54.1 Å². The first-order valence-corrected chi connectivity index (χ1v) is 9.68. The number of hydrogen-bond donors (Lipinski definition) is 1. The van der Waals surface area contributed by atoms with Crippen LogP contribution in [0.25, 0.3) is 22.4 Å². The fraction of sp³-hybridized carbons (Fsp3) is 0.238. The number of pyridine rings is 1. The first kappa shape index (κ1) is 19.2. The number of anilines is 1. The number of rotatable bonds is 3. The molecule has 3 aromatic rings. The molecule has 1 N–H and O–H groups in total. The Balaban J connectivity index is 1.88. The zero-order valence-electron chi connectivity index (χ0n) is 16.1. The number of benzene rings is 1. The number of amides is 1. The molecule has 1 aliphatic heterocycles. The summed E-state index contributed by atoms with van der Waals surface area (Å²) in [6, 6.07) is 10.0. The van der Waals surface area contributed by atoms with Crippen molar-refractivity contribution in [3.8, 4) is 22.4 Å². The van der Waals surface area contributed by atoms with E-state index in [0.29, 0.717) is 18.9 Å². The first-order chi connectivity index (χ1) is 13.9. The molecule has 4 rings (SSSR count). The van der Waals surface area contributed by atoms with Crippen molar-refractivity contribution in [2.24, 2.45) is 0 Å². The van der Waals surface area contributed by atoms with Crippen molar-refractivity contribution in [1.29, 1.82) is 0 Å².